The molecule has 0 aromatic heterocycles. The first kappa shape index (κ1) is 37.4. The number of para-hydroxylation sites is 1. The van der Waals surface area contributed by atoms with Crippen molar-refractivity contribution in [3.05, 3.63) is 123 Å². The Kier molecular flexibility index (Phi) is 12.9. The maximum atomic E-state index is 14.6. The van der Waals surface area contributed by atoms with Crippen LogP contribution in [0.5, 0.6) is 11.5 Å². The van der Waals surface area contributed by atoms with Crippen LogP contribution in [0, 0.1) is 10.1 Å². The van der Waals surface area contributed by atoms with Gasteiger partial charge in [0.25, 0.3) is 5.69 Å². The van der Waals surface area contributed by atoms with Gasteiger partial charge in [-0.15, -0.1) is 0 Å². The number of non-ortho nitro benzene ring substituents is 1. The highest BCUT2D eigenvalue weighted by Gasteiger charge is 2.49. The van der Waals surface area contributed by atoms with E-state index >= 15 is 0 Å². The molecule has 2 unspecified atom stereocenters. The summed E-state index contributed by atoms with van der Waals surface area (Å²) in [6.07, 6.45) is -5.90. The van der Waals surface area contributed by atoms with Crippen LogP contribution < -0.4 is 14.8 Å². The molecule has 0 spiro atoms. The fourth-order valence-electron chi connectivity index (χ4n) is 5.14. The van der Waals surface area contributed by atoms with Crippen LogP contribution in [-0.4, -0.2) is 79.3 Å². The van der Waals surface area contributed by atoms with E-state index in [-0.39, 0.29) is 41.5 Å². The maximum absolute atomic E-state index is 14.6. The lowest BCUT2D eigenvalue weighted by molar-refractivity contribution is -0.384. The van der Waals surface area contributed by atoms with Gasteiger partial charge in [-0.1, -0.05) is 48.5 Å². The van der Waals surface area contributed by atoms with E-state index in [0.29, 0.717) is 36.8 Å². The van der Waals surface area contributed by atoms with Crippen molar-refractivity contribution in [2.45, 2.75) is 31.5 Å². The summed E-state index contributed by atoms with van der Waals surface area (Å²) in [5.41, 5.74) is -2.36. The number of benzene rings is 3. The Labute approximate surface area is 285 Å². The fourth-order valence-corrected chi connectivity index (χ4v) is 5.14. The molecule has 12 nitrogen and oxygen atoms in total. The quantitative estimate of drug-likeness (QED) is 0.0879. The minimum Gasteiger partial charge on any atom is -0.492 e. The van der Waals surface area contributed by atoms with Crippen molar-refractivity contribution >= 4 is 17.7 Å². The van der Waals surface area contributed by atoms with E-state index < -0.39 is 46.5 Å². The van der Waals surface area contributed by atoms with E-state index in [1.807, 2.05) is 18.2 Å². The number of nitrogens with one attached hydrogen (secondary N) is 1. The lowest BCUT2D eigenvalue weighted by atomic mass is 9.85. The number of carbonyl (C=O) groups is 2. The number of alkyl halides is 3. The van der Waals surface area contributed by atoms with Crippen LogP contribution >= 0.6 is 0 Å². The lowest BCUT2D eigenvalue weighted by Gasteiger charge is -2.34. The normalized spacial score (nSPS) is 15.2. The molecule has 50 heavy (non-hydrogen) atoms. The molecule has 1 heterocycles. The van der Waals surface area contributed by atoms with E-state index in [2.05, 4.69) is 10.1 Å². The van der Waals surface area contributed by atoms with Gasteiger partial charge in [-0.25, -0.2) is 14.5 Å². The number of aliphatic hydroxyl groups excluding tert-OH is 1. The molecule has 0 saturated heterocycles. The number of nitro benzene ring substituents is 1. The van der Waals surface area contributed by atoms with E-state index in [1.54, 1.807) is 36.4 Å². The third kappa shape index (κ3) is 10.1. The number of esters is 1. The number of ether oxygens (including phenoxy) is 4. The average molecular weight is 700 g/mol. The number of amides is 1. The Hall–Kier alpha value is -5.41. The number of nitrogens with zero attached hydrogens (tertiary/aromatic N) is 2. The molecule has 1 amide bonds. The van der Waals surface area contributed by atoms with Crippen molar-refractivity contribution in [1.82, 2.24) is 10.2 Å². The van der Waals surface area contributed by atoms with E-state index in [4.69, 9.17) is 14.2 Å². The molecule has 1 aliphatic rings. The highest BCUT2D eigenvalue weighted by atomic mass is 19.4. The van der Waals surface area contributed by atoms with Gasteiger partial charge in [0, 0.05) is 43.3 Å². The van der Waals surface area contributed by atoms with Crippen LogP contribution in [0.4, 0.5) is 23.7 Å². The molecule has 3 aromatic carbocycles. The molecule has 0 bridgehead atoms. The molecule has 2 N–H and O–H groups in total. The van der Waals surface area contributed by atoms with Gasteiger partial charge >= 0.3 is 18.2 Å². The number of halogens is 3. The summed E-state index contributed by atoms with van der Waals surface area (Å²) in [6.45, 7) is 2.18. The van der Waals surface area contributed by atoms with Crippen LogP contribution in [0.25, 0.3) is 0 Å². The summed E-state index contributed by atoms with van der Waals surface area (Å²) in [5, 5.41) is 24.4. The van der Waals surface area contributed by atoms with Gasteiger partial charge in [0.05, 0.1) is 24.2 Å². The number of aliphatic hydroxyl groups is 1. The van der Waals surface area contributed by atoms with Gasteiger partial charge in [-0.3, -0.25) is 10.1 Å². The summed E-state index contributed by atoms with van der Waals surface area (Å²) >= 11 is 0. The molecule has 0 radical (unpaired) electrons. The summed E-state index contributed by atoms with van der Waals surface area (Å²) in [4.78, 5) is 36.7. The van der Waals surface area contributed by atoms with E-state index in [1.165, 1.54) is 25.1 Å². The number of hydrogen-bond acceptors (Lipinski definition) is 10. The number of nitro groups is 1. The third-order valence-corrected chi connectivity index (χ3v) is 7.50. The molecule has 1 aliphatic heterocycles. The highest BCUT2D eigenvalue weighted by molar-refractivity contribution is 5.94. The number of allylic oxidation sites excluding steroid dienone is 3. The molecule has 4 rings (SSSR count). The number of hydrogen-bond donors (Lipinski definition) is 2. The van der Waals surface area contributed by atoms with Gasteiger partial charge in [0.2, 0.25) is 0 Å². The number of rotatable bonds is 15. The summed E-state index contributed by atoms with van der Waals surface area (Å²) in [7, 11) is 0.894. The molecule has 0 fully saturated rings. The topological polar surface area (TPSA) is 150 Å². The molecule has 0 saturated carbocycles. The first-order valence-electron chi connectivity index (χ1n) is 15.5. The Morgan fingerprint density at radius 2 is 1.70 bits per heavy atom. The van der Waals surface area contributed by atoms with Gasteiger partial charge < -0.3 is 29.4 Å². The standard InChI is InChI=1S/C35H36F3N3O9/c1-23-19-30(25-7-6-8-26(20-25)41(45)46)31(33(43)47-2)32(35(36,37)38)40(23)34(44)49-17-15-24-11-13-29(14-12-24)48-18-16-39-21-27(42)22-50-28-9-4-3-5-10-28/h3-14,19-20,27,30,39,42H,15-18,21-22H2,1-2H3. The average Bonchev–Trinajstić information content (AvgIpc) is 3.10. The zero-order valence-corrected chi connectivity index (χ0v) is 27.2. The predicted octanol–water partition coefficient (Wildman–Crippen LogP) is 5.67. The smallest absolute Gasteiger partial charge is 0.432 e. The predicted molar refractivity (Wildman–Crippen MR) is 174 cm³/mol. The monoisotopic (exact) mass is 699 g/mol. The maximum Gasteiger partial charge on any atom is 0.432 e. The Balaban J connectivity index is 1.31. The minimum atomic E-state index is -5.21. The second kappa shape index (κ2) is 17.3. The Morgan fingerprint density at radius 3 is 2.36 bits per heavy atom. The number of methoxy groups -OCH3 is 1. The number of carbonyl (C=O) groups excluding carboxylic acids is 2. The Bertz CT molecular complexity index is 1700. The van der Waals surface area contributed by atoms with Gasteiger partial charge in [0.15, 0.2) is 0 Å². The van der Waals surface area contributed by atoms with Crippen molar-refractivity contribution in [2.75, 3.05) is 40.0 Å². The third-order valence-electron chi connectivity index (χ3n) is 7.50. The van der Waals surface area contributed by atoms with Crippen molar-refractivity contribution in [3.8, 4) is 11.5 Å². The lowest BCUT2D eigenvalue weighted by Crippen LogP contribution is -2.41. The van der Waals surface area contributed by atoms with Gasteiger partial charge in [-0.05, 0) is 42.3 Å². The molecule has 266 valence electrons. The van der Waals surface area contributed by atoms with Crippen LogP contribution in [0.15, 0.2) is 102 Å². The van der Waals surface area contributed by atoms with Crippen LogP contribution in [-0.2, 0) is 20.7 Å². The van der Waals surface area contributed by atoms with Crippen molar-refractivity contribution in [3.63, 3.8) is 0 Å². The van der Waals surface area contributed by atoms with Crippen molar-refractivity contribution in [2.24, 2.45) is 0 Å². The first-order valence-corrected chi connectivity index (χ1v) is 15.5. The van der Waals surface area contributed by atoms with E-state index in [0.717, 1.165) is 19.2 Å². The second-order valence-electron chi connectivity index (χ2n) is 11.1. The highest BCUT2D eigenvalue weighted by Crippen LogP contribution is 2.44. The van der Waals surface area contributed by atoms with Crippen molar-refractivity contribution < 1.29 is 51.7 Å². The molecular weight excluding hydrogens is 663 g/mol. The minimum absolute atomic E-state index is 0.0286. The van der Waals surface area contributed by atoms with E-state index in [9.17, 15) is 38.0 Å². The summed E-state index contributed by atoms with van der Waals surface area (Å²) in [6, 6.07) is 20.8. The van der Waals surface area contributed by atoms with Crippen LogP contribution in [0.3, 0.4) is 0 Å². The molecule has 0 aliphatic carbocycles. The van der Waals surface area contributed by atoms with Crippen LogP contribution in [0.2, 0.25) is 0 Å². The zero-order chi connectivity index (χ0) is 36.3. The summed E-state index contributed by atoms with van der Waals surface area (Å²) < 4.78 is 64.8. The zero-order valence-electron chi connectivity index (χ0n) is 27.2. The molecular formula is C35H36F3N3O9. The fraction of sp³-hybridized carbons (Fsp3) is 0.314. The second-order valence-corrected chi connectivity index (χ2v) is 11.1. The molecule has 2 atom stereocenters. The molecule has 3 aromatic rings. The molecule has 15 heteroatoms. The summed E-state index contributed by atoms with van der Waals surface area (Å²) in [5.74, 6) is -1.53. The van der Waals surface area contributed by atoms with Crippen LogP contribution in [0.1, 0.15) is 24.0 Å². The van der Waals surface area contributed by atoms with Crippen molar-refractivity contribution in [1.29, 1.82) is 0 Å². The van der Waals surface area contributed by atoms with Gasteiger partial charge in [0.1, 0.15) is 36.5 Å². The first-order chi connectivity index (χ1) is 23.9. The SMILES string of the molecule is COC(=O)C1=C(C(F)(F)F)N(C(=O)OCCc2ccc(OCCNCC(O)COc3ccccc3)cc2)C(C)=CC1c1cccc([N+](=O)[O-])c1. The van der Waals surface area contributed by atoms with Gasteiger partial charge in [-0.2, -0.15) is 13.2 Å². The Morgan fingerprint density at radius 1 is 1.00 bits per heavy atom. The largest absolute Gasteiger partial charge is 0.492 e.